The van der Waals surface area contributed by atoms with E-state index in [9.17, 15) is 0 Å². The zero-order valence-electron chi connectivity index (χ0n) is 13.3. The third kappa shape index (κ3) is 10.8. The minimum absolute atomic E-state index is 0.181. The molecule has 0 radical (unpaired) electrons. The average molecular weight is 254 g/mol. The highest BCUT2D eigenvalue weighted by atomic mass is 15.1. The Morgan fingerprint density at radius 1 is 1.06 bits per heavy atom. The van der Waals surface area contributed by atoms with E-state index in [1.807, 2.05) is 0 Å². The summed E-state index contributed by atoms with van der Waals surface area (Å²) in [5.74, 6) is 0. The Kier molecular flexibility index (Phi) is 9.39. The Morgan fingerprint density at radius 3 is 1.94 bits per heavy atom. The van der Waals surface area contributed by atoms with Gasteiger partial charge in [-0.1, -0.05) is 33.3 Å². The van der Waals surface area contributed by atoms with Gasteiger partial charge in [0.1, 0.15) is 0 Å². The van der Waals surface area contributed by atoms with Crippen molar-refractivity contribution in [3.8, 4) is 0 Å². The van der Waals surface area contributed by atoms with Crippen LogP contribution >= 0.6 is 0 Å². The van der Waals surface area contributed by atoms with Gasteiger partial charge in [0.15, 0.2) is 0 Å². The van der Waals surface area contributed by atoms with Crippen molar-refractivity contribution in [1.29, 1.82) is 0 Å². The van der Waals surface area contributed by atoms with Crippen LogP contribution in [0.4, 0.5) is 0 Å². The second kappa shape index (κ2) is 9.57. The standard InChI is InChI=1S/C16H34N2/c1-7-9-11-18(12-10-8-2)14-15(3)13-17-16(4,5)6/h17H,3,7-14H2,1-2,4-6H3. The topological polar surface area (TPSA) is 15.3 Å². The van der Waals surface area contributed by atoms with Crippen molar-refractivity contribution >= 4 is 0 Å². The second-order valence-electron chi connectivity index (χ2n) is 6.34. The largest absolute Gasteiger partial charge is 0.308 e. The Hall–Kier alpha value is -0.340. The molecule has 0 saturated carbocycles. The quantitative estimate of drug-likeness (QED) is 0.596. The van der Waals surface area contributed by atoms with Crippen LogP contribution in [0.3, 0.4) is 0 Å². The molecule has 0 atom stereocenters. The molecule has 0 unspecified atom stereocenters. The van der Waals surface area contributed by atoms with Crippen LogP contribution in [0.5, 0.6) is 0 Å². The number of unbranched alkanes of at least 4 members (excludes halogenated alkanes) is 2. The summed E-state index contributed by atoms with van der Waals surface area (Å²) < 4.78 is 0. The Bertz CT molecular complexity index is 208. The molecule has 0 amide bonds. The van der Waals surface area contributed by atoms with Crippen molar-refractivity contribution in [3.63, 3.8) is 0 Å². The summed E-state index contributed by atoms with van der Waals surface area (Å²) in [5, 5.41) is 3.51. The van der Waals surface area contributed by atoms with E-state index in [1.165, 1.54) is 44.3 Å². The fraction of sp³-hybridized carbons (Fsp3) is 0.875. The summed E-state index contributed by atoms with van der Waals surface area (Å²) in [4.78, 5) is 2.56. The first-order valence-electron chi connectivity index (χ1n) is 7.53. The van der Waals surface area contributed by atoms with Gasteiger partial charge in [-0.2, -0.15) is 0 Å². The molecular weight excluding hydrogens is 220 g/mol. The van der Waals surface area contributed by atoms with E-state index < -0.39 is 0 Å². The highest BCUT2D eigenvalue weighted by Crippen LogP contribution is 2.05. The molecule has 0 aromatic heterocycles. The summed E-state index contributed by atoms with van der Waals surface area (Å²) in [6, 6.07) is 0. The first-order valence-corrected chi connectivity index (χ1v) is 7.53. The Balaban J connectivity index is 4.00. The van der Waals surface area contributed by atoms with Crippen LogP contribution in [0, 0.1) is 0 Å². The molecule has 0 spiro atoms. The molecular formula is C16H34N2. The monoisotopic (exact) mass is 254 g/mol. The molecule has 0 heterocycles. The van der Waals surface area contributed by atoms with Crippen molar-refractivity contribution in [3.05, 3.63) is 12.2 Å². The van der Waals surface area contributed by atoms with Gasteiger partial charge in [-0.25, -0.2) is 0 Å². The number of nitrogens with zero attached hydrogens (tertiary/aromatic N) is 1. The maximum absolute atomic E-state index is 4.21. The van der Waals surface area contributed by atoms with E-state index in [1.54, 1.807) is 0 Å². The van der Waals surface area contributed by atoms with E-state index in [0.717, 1.165) is 13.1 Å². The normalized spacial score (nSPS) is 12.1. The van der Waals surface area contributed by atoms with E-state index >= 15 is 0 Å². The molecule has 108 valence electrons. The summed E-state index contributed by atoms with van der Waals surface area (Å²) in [5.41, 5.74) is 1.48. The van der Waals surface area contributed by atoms with Gasteiger partial charge >= 0.3 is 0 Å². The van der Waals surface area contributed by atoms with E-state index in [0.29, 0.717) is 0 Å². The van der Waals surface area contributed by atoms with Crippen LogP contribution in [0.1, 0.15) is 60.3 Å². The summed E-state index contributed by atoms with van der Waals surface area (Å²) in [6.07, 6.45) is 5.14. The number of hydrogen-bond donors (Lipinski definition) is 1. The molecule has 0 aliphatic carbocycles. The maximum atomic E-state index is 4.21. The van der Waals surface area contributed by atoms with Crippen LogP contribution in [-0.4, -0.2) is 36.6 Å². The van der Waals surface area contributed by atoms with Gasteiger partial charge in [-0.05, 0) is 52.3 Å². The molecule has 0 aliphatic rings. The predicted octanol–water partition coefficient (Wildman–Crippen LogP) is 3.83. The van der Waals surface area contributed by atoms with Crippen molar-refractivity contribution in [1.82, 2.24) is 10.2 Å². The number of rotatable bonds is 10. The first kappa shape index (κ1) is 17.7. The number of nitrogens with one attached hydrogen (secondary N) is 1. The SMILES string of the molecule is C=C(CNC(C)(C)C)CN(CCCC)CCCC. The lowest BCUT2D eigenvalue weighted by Gasteiger charge is -2.26. The van der Waals surface area contributed by atoms with Crippen molar-refractivity contribution in [2.75, 3.05) is 26.2 Å². The molecule has 0 saturated heterocycles. The minimum atomic E-state index is 0.181. The molecule has 0 aliphatic heterocycles. The Morgan fingerprint density at radius 2 is 1.56 bits per heavy atom. The van der Waals surface area contributed by atoms with Crippen molar-refractivity contribution in [2.45, 2.75) is 65.8 Å². The van der Waals surface area contributed by atoms with Gasteiger partial charge in [0, 0.05) is 18.6 Å². The van der Waals surface area contributed by atoms with E-state index in [2.05, 4.69) is 51.4 Å². The average Bonchev–Trinajstić information content (AvgIpc) is 2.29. The van der Waals surface area contributed by atoms with Gasteiger partial charge in [-0.15, -0.1) is 0 Å². The molecule has 18 heavy (non-hydrogen) atoms. The molecule has 2 nitrogen and oxygen atoms in total. The van der Waals surface area contributed by atoms with Gasteiger partial charge in [0.05, 0.1) is 0 Å². The van der Waals surface area contributed by atoms with E-state index in [-0.39, 0.29) is 5.54 Å². The van der Waals surface area contributed by atoms with E-state index in [4.69, 9.17) is 0 Å². The van der Waals surface area contributed by atoms with Gasteiger partial charge in [0.2, 0.25) is 0 Å². The fourth-order valence-electron chi connectivity index (χ4n) is 1.80. The fourth-order valence-corrected chi connectivity index (χ4v) is 1.80. The zero-order valence-corrected chi connectivity index (χ0v) is 13.3. The molecule has 0 bridgehead atoms. The second-order valence-corrected chi connectivity index (χ2v) is 6.34. The third-order valence-electron chi connectivity index (χ3n) is 2.97. The lowest BCUT2D eigenvalue weighted by atomic mass is 10.1. The van der Waals surface area contributed by atoms with Crippen LogP contribution in [-0.2, 0) is 0 Å². The summed E-state index contributed by atoms with van der Waals surface area (Å²) in [6.45, 7) is 19.7. The van der Waals surface area contributed by atoms with Gasteiger partial charge < -0.3 is 5.32 Å². The summed E-state index contributed by atoms with van der Waals surface area (Å²) in [7, 11) is 0. The molecule has 1 N–H and O–H groups in total. The zero-order chi connectivity index (χ0) is 14.0. The Labute approximate surface area is 115 Å². The molecule has 0 rings (SSSR count). The molecule has 0 fully saturated rings. The predicted molar refractivity (Wildman–Crippen MR) is 83.2 cm³/mol. The van der Waals surface area contributed by atoms with Crippen LogP contribution in [0.2, 0.25) is 0 Å². The smallest absolute Gasteiger partial charge is 0.0202 e. The third-order valence-corrected chi connectivity index (χ3v) is 2.97. The van der Waals surface area contributed by atoms with Gasteiger partial charge in [-0.3, -0.25) is 4.90 Å². The molecule has 2 heteroatoms. The highest BCUT2D eigenvalue weighted by molar-refractivity contribution is 5.01. The molecule has 0 aromatic carbocycles. The highest BCUT2D eigenvalue weighted by Gasteiger charge is 2.10. The van der Waals surface area contributed by atoms with Crippen LogP contribution < -0.4 is 5.32 Å². The lowest BCUT2D eigenvalue weighted by Crippen LogP contribution is -2.39. The number of hydrogen-bond acceptors (Lipinski definition) is 2. The van der Waals surface area contributed by atoms with Crippen LogP contribution in [0.15, 0.2) is 12.2 Å². The van der Waals surface area contributed by atoms with Crippen LogP contribution in [0.25, 0.3) is 0 Å². The maximum Gasteiger partial charge on any atom is 0.0202 e. The van der Waals surface area contributed by atoms with Crippen molar-refractivity contribution < 1.29 is 0 Å². The molecule has 0 aromatic rings. The lowest BCUT2D eigenvalue weighted by molar-refractivity contribution is 0.282. The van der Waals surface area contributed by atoms with Crippen molar-refractivity contribution in [2.24, 2.45) is 0 Å². The first-order chi connectivity index (χ1) is 8.39. The van der Waals surface area contributed by atoms with Gasteiger partial charge in [0.25, 0.3) is 0 Å². The minimum Gasteiger partial charge on any atom is -0.308 e. The summed E-state index contributed by atoms with van der Waals surface area (Å²) >= 11 is 0.